The first-order valence-corrected chi connectivity index (χ1v) is 20.1. The number of thiocarbonyl (C=S) groups is 1. The van der Waals surface area contributed by atoms with Gasteiger partial charge >= 0.3 is 6.18 Å². The van der Waals surface area contributed by atoms with Crippen LogP contribution < -0.4 is 30.5 Å². The number of piperidine rings is 2. The molecule has 0 saturated carbocycles. The highest BCUT2D eigenvalue weighted by Crippen LogP contribution is 2.41. The lowest BCUT2D eigenvalue weighted by atomic mass is 9.89. The number of carbonyl (C=O) groups excluding carboxylic acids is 4. The Labute approximate surface area is 347 Å². The van der Waals surface area contributed by atoms with Crippen molar-refractivity contribution in [2.24, 2.45) is 5.92 Å². The molecule has 3 aliphatic heterocycles. The van der Waals surface area contributed by atoms with Gasteiger partial charge in [-0.05, 0) is 137 Å². The zero-order chi connectivity index (χ0) is 42.8. The number of halogens is 3. The zero-order valence-corrected chi connectivity index (χ0v) is 34.4. The lowest BCUT2D eigenvalue weighted by Gasteiger charge is -2.37. The first-order chi connectivity index (χ1) is 27.9. The van der Waals surface area contributed by atoms with Gasteiger partial charge in [-0.25, -0.2) is 0 Å². The van der Waals surface area contributed by atoms with Crippen LogP contribution in [0.3, 0.4) is 0 Å². The van der Waals surface area contributed by atoms with Gasteiger partial charge in [-0.3, -0.25) is 34.3 Å². The zero-order valence-electron chi connectivity index (χ0n) is 33.6. The number of likely N-dealkylation sites (tertiary alicyclic amines) is 1. The molecule has 0 aliphatic carbocycles. The Morgan fingerprint density at radius 1 is 1.05 bits per heavy atom. The van der Waals surface area contributed by atoms with Gasteiger partial charge in [-0.1, -0.05) is 19.9 Å². The minimum Gasteiger partial charge on any atom is -0.493 e. The molecule has 0 radical (unpaired) electrons. The fourth-order valence-electron chi connectivity index (χ4n) is 7.97. The summed E-state index contributed by atoms with van der Waals surface area (Å²) in [4.78, 5) is 55.4. The maximum Gasteiger partial charge on any atom is 0.417 e. The molecule has 0 aromatic heterocycles. The van der Waals surface area contributed by atoms with Crippen molar-refractivity contribution in [2.75, 3.05) is 40.1 Å². The highest BCUT2D eigenvalue weighted by Gasteiger charge is 2.51. The molecular weight excluding hydrogens is 784 g/mol. The second-order valence-corrected chi connectivity index (χ2v) is 16.5. The molecule has 1 unspecified atom stereocenters. The fraction of sp³-hybridized carbons (Fsp3) is 0.442. The van der Waals surface area contributed by atoms with E-state index in [9.17, 15) is 37.6 Å². The topological polar surface area (TPSA) is 147 Å². The maximum atomic E-state index is 13.8. The van der Waals surface area contributed by atoms with Crippen LogP contribution in [0.1, 0.15) is 89.3 Å². The Balaban J connectivity index is 1.03. The van der Waals surface area contributed by atoms with Crippen LogP contribution >= 0.6 is 12.2 Å². The average Bonchev–Trinajstić information content (AvgIpc) is 3.35. The monoisotopic (exact) mass is 831 g/mol. The van der Waals surface area contributed by atoms with E-state index in [2.05, 4.69) is 27.8 Å². The number of nitriles is 1. The van der Waals surface area contributed by atoms with Crippen molar-refractivity contribution in [2.45, 2.75) is 96.4 Å². The van der Waals surface area contributed by atoms with Crippen LogP contribution in [0.5, 0.6) is 5.75 Å². The Morgan fingerprint density at radius 3 is 2.46 bits per heavy atom. The number of benzene rings is 3. The van der Waals surface area contributed by atoms with Crippen LogP contribution in [0.2, 0.25) is 0 Å². The second kappa shape index (κ2) is 17.4. The number of nitrogens with one attached hydrogen (secondary N) is 3. The molecule has 3 N–H and O–H groups in total. The molecule has 4 amide bonds. The van der Waals surface area contributed by atoms with Gasteiger partial charge in [0.15, 0.2) is 5.11 Å². The first kappa shape index (κ1) is 43.1. The van der Waals surface area contributed by atoms with Crippen molar-refractivity contribution in [1.29, 1.82) is 5.26 Å². The summed E-state index contributed by atoms with van der Waals surface area (Å²) >= 11 is 5.75. The molecule has 12 nitrogen and oxygen atoms in total. The van der Waals surface area contributed by atoms with Gasteiger partial charge in [-0.2, -0.15) is 18.4 Å². The van der Waals surface area contributed by atoms with E-state index >= 15 is 0 Å². The molecule has 16 heteroatoms. The highest BCUT2D eigenvalue weighted by atomic mass is 32.1. The summed E-state index contributed by atoms with van der Waals surface area (Å²) in [7, 11) is 0. The minimum absolute atomic E-state index is 0.0210. The number of imide groups is 1. The number of carbonyl (C=O) groups is 4. The minimum atomic E-state index is -4.80. The van der Waals surface area contributed by atoms with Crippen molar-refractivity contribution in [3.63, 3.8) is 0 Å². The number of alkyl halides is 3. The summed E-state index contributed by atoms with van der Waals surface area (Å²) in [6.45, 7) is 11.0. The molecule has 0 bridgehead atoms. The molecule has 0 spiro atoms. The van der Waals surface area contributed by atoms with Crippen LogP contribution in [-0.2, 0) is 25.4 Å². The van der Waals surface area contributed by atoms with Crippen LogP contribution in [0.15, 0.2) is 60.7 Å². The van der Waals surface area contributed by atoms with E-state index in [1.807, 2.05) is 26.0 Å². The quantitative estimate of drug-likeness (QED) is 0.125. The average molecular weight is 832 g/mol. The Morgan fingerprint density at radius 2 is 1.78 bits per heavy atom. The second-order valence-electron chi connectivity index (χ2n) is 16.2. The normalized spacial score (nSPS) is 21.1. The van der Waals surface area contributed by atoms with E-state index in [0.717, 1.165) is 48.4 Å². The number of ether oxygens (including phenoxy) is 1. The van der Waals surface area contributed by atoms with Crippen molar-refractivity contribution < 1.29 is 37.1 Å². The van der Waals surface area contributed by atoms with E-state index < -0.39 is 34.8 Å². The molecule has 59 heavy (non-hydrogen) atoms. The Hall–Kier alpha value is -5.53. The highest BCUT2D eigenvalue weighted by molar-refractivity contribution is 7.81. The lowest BCUT2D eigenvalue weighted by Crippen LogP contribution is -2.47. The number of anilines is 4. The van der Waals surface area contributed by atoms with Crippen molar-refractivity contribution in [1.82, 2.24) is 10.2 Å². The summed E-state index contributed by atoms with van der Waals surface area (Å²) < 4.78 is 47.8. The summed E-state index contributed by atoms with van der Waals surface area (Å²) in [5.74, 6) is -0.175. The summed E-state index contributed by atoms with van der Waals surface area (Å²) in [6.07, 6.45) is -1.52. The van der Waals surface area contributed by atoms with Gasteiger partial charge in [0.1, 0.15) is 17.3 Å². The molecule has 6 rings (SSSR count). The third-order valence-corrected chi connectivity index (χ3v) is 11.6. The van der Waals surface area contributed by atoms with E-state index in [1.54, 1.807) is 55.1 Å². The summed E-state index contributed by atoms with van der Waals surface area (Å²) in [5, 5.41) is 17.7. The van der Waals surface area contributed by atoms with E-state index in [0.29, 0.717) is 41.8 Å². The van der Waals surface area contributed by atoms with Crippen molar-refractivity contribution in [3.05, 3.63) is 77.4 Å². The Kier molecular flexibility index (Phi) is 12.7. The van der Waals surface area contributed by atoms with Gasteiger partial charge < -0.3 is 20.3 Å². The number of hydrogen-bond acceptors (Lipinski definition) is 9. The number of hydrogen-bond donors (Lipinski definition) is 3. The predicted octanol–water partition coefficient (Wildman–Crippen LogP) is 7.34. The van der Waals surface area contributed by atoms with Crippen LogP contribution in [0, 0.1) is 17.2 Å². The van der Waals surface area contributed by atoms with Gasteiger partial charge in [0.2, 0.25) is 17.7 Å². The Bertz CT molecular complexity index is 2190. The molecule has 312 valence electrons. The molecule has 3 atom stereocenters. The summed E-state index contributed by atoms with van der Waals surface area (Å²) in [6, 6.07) is 17.0. The predicted molar refractivity (Wildman–Crippen MR) is 222 cm³/mol. The molecule has 3 aromatic carbocycles. The smallest absolute Gasteiger partial charge is 0.417 e. The molecule has 3 aliphatic rings. The maximum absolute atomic E-state index is 13.8. The third kappa shape index (κ3) is 9.52. The molecule has 3 aromatic rings. The van der Waals surface area contributed by atoms with E-state index in [4.69, 9.17) is 17.0 Å². The largest absolute Gasteiger partial charge is 0.493 e. The first-order valence-electron chi connectivity index (χ1n) is 19.7. The molecule has 3 saturated heterocycles. The van der Waals surface area contributed by atoms with Crippen molar-refractivity contribution in [3.8, 4) is 11.8 Å². The molecule has 3 heterocycles. The molecule has 3 fully saturated rings. The number of rotatable bonds is 12. The summed E-state index contributed by atoms with van der Waals surface area (Å²) in [5.41, 5.74) is -0.229. The van der Waals surface area contributed by atoms with Crippen LogP contribution in [0.25, 0.3) is 0 Å². The number of nitrogens with zero attached hydrogens (tertiary/aromatic N) is 4. The SMILES string of the molecule is CC(C)c1cc(N2C(=S)N(c3ccc(C#N)c(C(F)(F)F)c3)C(=O)C2(C)C)ccc1OCC[C@@H]1CCN(CC(=O)Nc2cccc(NC3CCC(=O)NC3=O)c2)[C@H](C)C1. The fourth-order valence-corrected chi connectivity index (χ4v) is 8.49. The van der Waals surface area contributed by atoms with Gasteiger partial charge in [-0.15, -0.1) is 0 Å². The van der Waals surface area contributed by atoms with Gasteiger partial charge in [0.05, 0.1) is 36.0 Å². The van der Waals surface area contributed by atoms with E-state index in [-0.39, 0.29) is 53.4 Å². The van der Waals surface area contributed by atoms with Gasteiger partial charge in [0, 0.05) is 29.5 Å². The van der Waals surface area contributed by atoms with Crippen molar-refractivity contribution >= 4 is 63.7 Å². The van der Waals surface area contributed by atoms with Crippen LogP contribution in [-0.4, -0.2) is 71.0 Å². The molecular formula is C43H48F3N7O5S. The third-order valence-electron chi connectivity index (χ3n) is 11.2. The standard InChI is InChI=1S/C43H48F3N7O5S/c1-25(2)33-21-32(53-41(59)52(40(57)42(53,4)5)31-10-9-28(23-47)34(22-31)43(44,45)46)11-13-36(33)58-18-16-27-15-17-51(26(3)19-27)24-38(55)49-30-8-6-7-29(20-30)48-35-12-14-37(54)50-39(35)56/h6-11,13,20-22,25-27,35,48H,12,14-19,24H2,1-5H3,(H,49,55)(H,50,54,56)/t26-,27+,35?/m1/s1. The lowest BCUT2D eigenvalue weighted by molar-refractivity contribution is -0.138. The van der Waals surface area contributed by atoms with Crippen LogP contribution in [0.4, 0.5) is 35.9 Å². The van der Waals surface area contributed by atoms with Gasteiger partial charge in [0.25, 0.3) is 5.91 Å². The number of amides is 4. The van der Waals surface area contributed by atoms with E-state index in [1.165, 1.54) is 6.07 Å².